The van der Waals surface area contributed by atoms with E-state index in [4.69, 9.17) is 4.74 Å². The van der Waals surface area contributed by atoms with Gasteiger partial charge in [0.1, 0.15) is 12.4 Å². The monoisotopic (exact) mass is 312 g/mol. The van der Waals surface area contributed by atoms with Crippen molar-refractivity contribution in [2.75, 3.05) is 0 Å². The molecule has 0 aliphatic rings. The van der Waals surface area contributed by atoms with E-state index in [1.807, 2.05) is 10.9 Å². The summed E-state index contributed by atoms with van der Waals surface area (Å²) in [5, 5.41) is 4.17. The molecule has 1 heterocycles. The van der Waals surface area contributed by atoms with Gasteiger partial charge in [-0.3, -0.25) is 4.68 Å². The molecule has 0 spiro atoms. The molecular weight excluding hydrogens is 299 g/mol. The van der Waals surface area contributed by atoms with Crippen molar-refractivity contribution in [2.24, 2.45) is 0 Å². The van der Waals surface area contributed by atoms with E-state index >= 15 is 0 Å². The largest absolute Gasteiger partial charge is 0.486 e. The summed E-state index contributed by atoms with van der Waals surface area (Å²) < 4.78 is 20.9. The van der Waals surface area contributed by atoms with Gasteiger partial charge in [-0.05, 0) is 40.0 Å². The van der Waals surface area contributed by atoms with Crippen LogP contribution < -0.4 is 4.74 Å². The molecule has 5 heteroatoms. The molecule has 0 N–H and O–H groups in total. The zero-order chi connectivity index (χ0) is 13.0. The Labute approximate surface area is 114 Å². The van der Waals surface area contributed by atoms with E-state index in [1.54, 1.807) is 18.3 Å². The van der Waals surface area contributed by atoms with Crippen molar-refractivity contribution in [1.29, 1.82) is 0 Å². The molecule has 0 fully saturated rings. The van der Waals surface area contributed by atoms with Gasteiger partial charge in [-0.25, -0.2) is 4.39 Å². The number of halogens is 2. The highest BCUT2D eigenvalue weighted by Gasteiger charge is 2.03. The Hall–Kier alpha value is -1.36. The minimum absolute atomic E-state index is 0.269. The van der Waals surface area contributed by atoms with Crippen LogP contribution in [0, 0.1) is 5.82 Å². The van der Waals surface area contributed by atoms with Crippen LogP contribution in [-0.2, 0) is 13.2 Å². The topological polar surface area (TPSA) is 27.1 Å². The van der Waals surface area contributed by atoms with Crippen LogP contribution >= 0.6 is 15.9 Å². The van der Waals surface area contributed by atoms with Gasteiger partial charge in [0.2, 0.25) is 0 Å². The van der Waals surface area contributed by atoms with E-state index in [0.717, 1.165) is 24.3 Å². The Balaban J connectivity index is 1.95. The van der Waals surface area contributed by atoms with E-state index < -0.39 is 0 Å². The summed E-state index contributed by atoms with van der Waals surface area (Å²) >= 11 is 3.15. The summed E-state index contributed by atoms with van der Waals surface area (Å²) in [5.41, 5.74) is 0.909. The van der Waals surface area contributed by atoms with Crippen LogP contribution in [0.2, 0.25) is 0 Å². The van der Waals surface area contributed by atoms with Crippen molar-refractivity contribution in [2.45, 2.75) is 26.5 Å². The summed E-state index contributed by atoms with van der Waals surface area (Å²) in [5.74, 6) is 0.457. The van der Waals surface area contributed by atoms with Gasteiger partial charge in [0.05, 0.1) is 16.9 Å². The van der Waals surface area contributed by atoms with Crippen LogP contribution in [-0.4, -0.2) is 9.78 Å². The Morgan fingerprint density at radius 1 is 1.44 bits per heavy atom. The highest BCUT2D eigenvalue weighted by molar-refractivity contribution is 9.10. The standard InChI is InChI=1S/C13H14BrFN2O/c1-2-5-17-8-11(7-16-17)18-9-10-3-4-13(15)12(14)6-10/h3-4,6-8H,2,5,9H2,1H3. The number of rotatable bonds is 5. The Kier molecular flexibility index (Phi) is 4.36. The fourth-order valence-corrected chi connectivity index (χ4v) is 1.99. The van der Waals surface area contributed by atoms with Crippen molar-refractivity contribution in [3.8, 4) is 5.75 Å². The molecule has 0 saturated carbocycles. The fraction of sp³-hybridized carbons (Fsp3) is 0.308. The first-order chi connectivity index (χ1) is 8.69. The second kappa shape index (κ2) is 6.00. The molecule has 2 rings (SSSR count). The number of aromatic nitrogens is 2. The number of hydrogen-bond acceptors (Lipinski definition) is 2. The Bertz CT molecular complexity index is 527. The third-order valence-corrected chi connectivity index (χ3v) is 3.06. The van der Waals surface area contributed by atoms with Gasteiger partial charge in [-0.15, -0.1) is 0 Å². The lowest BCUT2D eigenvalue weighted by Gasteiger charge is -2.04. The van der Waals surface area contributed by atoms with Gasteiger partial charge in [0, 0.05) is 6.54 Å². The van der Waals surface area contributed by atoms with Crippen molar-refractivity contribution in [3.05, 3.63) is 46.4 Å². The van der Waals surface area contributed by atoms with Crippen LogP contribution in [0.15, 0.2) is 35.1 Å². The molecule has 3 nitrogen and oxygen atoms in total. The zero-order valence-corrected chi connectivity index (χ0v) is 11.7. The molecule has 0 atom stereocenters. The molecule has 0 bridgehead atoms. The maximum Gasteiger partial charge on any atom is 0.157 e. The molecule has 0 radical (unpaired) electrons. The third kappa shape index (κ3) is 3.32. The average Bonchev–Trinajstić information content (AvgIpc) is 2.79. The fourth-order valence-electron chi connectivity index (χ4n) is 1.57. The van der Waals surface area contributed by atoms with E-state index in [1.165, 1.54) is 6.07 Å². The van der Waals surface area contributed by atoms with Crippen molar-refractivity contribution in [3.63, 3.8) is 0 Å². The second-order valence-corrected chi connectivity index (χ2v) is 4.83. The van der Waals surface area contributed by atoms with Crippen LogP contribution in [0.1, 0.15) is 18.9 Å². The smallest absolute Gasteiger partial charge is 0.157 e. The molecule has 2 aromatic rings. The van der Waals surface area contributed by atoms with E-state index in [2.05, 4.69) is 28.0 Å². The van der Waals surface area contributed by atoms with Crippen LogP contribution in [0.3, 0.4) is 0 Å². The molecular formula is C13H14BrFN2O. The Morgan fingerprint density at radius 3 is 3.00 bits per heavy atom. The highest BCUT2D eigenvalue weighted by atomic mass is 79.9. The van der Waals surface area contributed by atoms with Gasteiger partial charge in [0.25, 0.3) is 0 Å². The zero-order valence-electron chi connectivity index (χ0n) is 10.1. The summed E-state index contributed by atoms with van der Waals surface area (Å²) in [4.78, 5) is 0. The molecule has 0 saturated heterocycles. The minimum atomic E-state index is -0.269. The number of hydrogen-bond donors (Lipinski definition) is 0. The lowest BCUT2D eigenvalue weighted by atomic mass is 10.2. The lowest BCUT2D eigenvalue weighted by molar-refractivity contribution is 0.305. The molecule has 18 heavy (non-hydrogen) atoms. The number of benzene rings is 1. The quantitative estimate of drug-likeness (QED) is 0.840. The Morgan fingerprint density at radius 2 is 2.28 bits per heavy atom. The number of ether oxygens (including phenoxy) is 1. The van der Waals surface area contributed by atoms with E-state index in [9.17, 15) is 4.39 Å². The van der Waals surface area contributed by atoms with Crippen LogP contribution in [0.25, 0.3) is 0 Å². The van der Waals surface area contributed by atoms with E-state index in [-0.39, 0.29) is 5.82 Å². The van der Waals surface area contributed by atoms with Gasteiger partial charge in [-0.1, -0.05) is 13.0 Å². The lowest BCUT2D eigenvalue weighted by Crippen LogP contribution is -1.97. The number of aryl methyl sites for hydroxylation is 1. The van der Waals surface area contributed by atoms with Gasteiger partial charge >= 0.3 is 0 Å². The first kappa shape index (κ1) is 13.1. The van der Waals surface area contributed by atoms with Crippen LogP contribution in [0.4, 0.5) is 4.39 Å². The summed E-state index contributed by atoms with van der Waals surface area (Å²) in [6, 6.07) is 4.84. The van der Waals surface area contributed by atoms with Gasteiger partial charge < -0.3 is 4.74 Å². The maximum atomic E-state index is 13.0. The third-order valence-electron chi connectivity index (χ3n) is 2.45. The van der Waals surface area contributed by atoms with Gasteiger partial charge in [0.15, 0.2) is 5.75 Å². The second-order valence-electron chi connectivity index (χ2n) is 3.98. The molecule has 96 valence electrons. The first-order valence-corrected chi connectivity index (χ1v) is 6.57. The normalized spacial score (nSPS) is 10.6. The molecule has 1 aromatic carbocycles. The summed E-state index contributed by atoms with van der Waals surface area (Å²) in [6.07, 6.45) is 4.59. The average molecular weight is 313 g/mol. The van der Waals surface area contributed by atoms with E-state index in [0.29, 0.717) is 11.1 Å². The van der Waals surface area contributed by atoms with Gasteiger partial charge in [-0.2, -0.15) is 5.10 Å². The molecule has 0 unspecified atom stereocenters. The summed E-state index contributed by atoms with van der Waals surface area (Å²) in [7, 11) is 0. The first-order valence-electron chi connectivity index (χ1n) is 5.78. The van der Waals surface area contributed by atoms with Crippen molar-refractivity contribution >= 4 is 15.9 Å². The molecule has 0 amide bonds. The highest BCUT2D eigenvalue weighted by Crippen LogP contribution is 2.18. The minimum Gasteiger partial charge on any atom is -0.486 e. The predicted octanol–water partition coefficient (Wildman–Crippen LogP) is 3.77. The van der Waals surface area contributed by atoms with Crippen LogP contribution in [0.5, 0.6) is 5.75 Å². The van der Waals surface area contributed by atoms with Crippen molar-refractivity contribution in [1.82, 2.24) is 9.78 Å². The number of nitrogens with zero attached hydrogens (tertiary/aromatic N) is 2. The molecule has 0 aliphatic heterocycles. The molecule has 1 aromatic heterocycles. The SMILES string of the molecule is CCCn1cc(OCc2ccc(F)c(Br)c2)cn1. The van der Waals surface area contributed by atoms with Crippen molar-refractivity contribution < 1.29 is 9.13 Å². The molecule has 0 aliphatic carbocycles. The predicted molar refractivity (Wildman–Crippen MR) is 71.0 cm³/mol. The maximum absolute atomic E-state index is 13.0. The summed E-state index contributed by atoms with van der Waals surface area (Å²) in [6.45, 7) is 3.38.